The van der Waals surface area contributed by atoms with Crippen molar-refractivity contribution in [2.45, 2.75) is 50.9 Å². The van der Waals surface area contributed by atoms with Gasteiger partial charge in [-0.05, 0) is 69.3 Å². The van der Waals surface area contributed by atoms with E-state index in [-0.39, 0.29) is 6.10 Å². The first-order valence-electron chi connectivity index (χ1n) is 11.1. The Morgan fingerprint density at radius 3 is 2.72 bits per heavy atom. The van der Waals surface area contributed by atoms with Crippen LogP contribution in [0.15, 0.2) is 24.3 Å². The summed E-state index contributed by atoms with van der Waals surface area (Å²) in [5.41, 5.74) is 1.23. The Balaban J connectivity index is 1.37. The second-order valence-electron chi connectivity index (χ2n) is 8.73. The molecule has 1 aromatic rings. The highest BCUT2D eigenvalue weighted by molar-refractivity contribution is 5.28. The van der Waals surface area contributed by atoms with Crippen LogP contribution in [0.25, 0.3) is 0 Å². The molecule has 1 unspecified atom stereocenters. The second kappa shape index (κ2) is 11.9. The molecule has 0 bridgehead atoms. The van der Waals surface area contributed by atoms with Crippen LogP contribution < -0.4 is 4.74 Å². The summed E-state index contributed by atoms with van der Waals surface area (Å²) in [6, 6.07) is 8.19. The zero-order valence-electron chi connectivity index (χ0n) is 17.8. The van der Waals surface area contributed by atoms with Crippen LogP contribution in [-0.2, 0) is 11.3 Å². The molecular weight excluding hydrogens is 368 g/mol. The highest BCUT2D eigenvalue weighted by Gasteiger charge is 2.19. The molecule has 164 valence electrons. The molecule has 29 heavy (non-hydrogen) atoms. The average molecular weight is 407 g/mol. The fraction of sp³-hybridized carbons (Fsp3) is 0.739. The molecule has 6 heteroatoms. The van der Waals surface area contributed by atoms with E-state index in [0.717, 1.165) is 63.9 Å². The quantitative estimate of drug-likeness (QED) is 0.621. The number of aliphatic hydroxyl groups is 2. The molecule has 0 radical (unpaired) electrons. The first kappa shape index (κ1) is 22.5. The van der Waals surface area contributed by atoms with Gasteiger partial charge in [-0.15, -0.1) is 0 Å². The van der Waals surface area contributed by atoms with Crippen molar-refractivity contribution in [3.63, 3.8) is 0 Å². The topological polar surface area (TPSA) is 65.4 Å². The Labute approximate surface area is 175 Å². The number of ether oxygens (including phenoxy) is 2. The van der Waals surface area contributed by atoms with Gasteiger partial charge in [0.1, 0.15) is 18.5 Å². The molecule has 2 aliphatic heterocycles. The van der Waals surface area contributed by atoms with Crippen LogP contribution in [-0.4, -0.2) is 85.3 Å². The highest BCUT2D eigenvalue weighted by atomic mass is 16.5. The van der Waals surface area contributed by atoms with E-state index in [0.29, 0.717) is 13.2 Å². The van der Waals surface area contributed by atoms with Crippen molar-refractivity contribution in [1.29, 1.82) is 0 Å². The van der Waals surface area contributed by atoms with Gasteiger partial charge >= 0.3 is 0 Å². The summed E-state index contributed by atoms with van der Waals surface area (Å²) >= 11 is 0. The summed E-state index contributed by atoms with van der Waals surface area (Å²) in [6.07, 6.45) is 4.49. The minimum absolute atomic E-state index is 0.183. The van der Waals surface area contributed by atoms with Crippen LogP contribution in [0.3, 0.4) is 0 Å². The second-order valence-corrected chi connectivity index (χ2v) is 8.73. The Bertz CT molecular complexity index is 586. The summed E-state index contributed by atoms with van der Waals surface area (Å²) in [4.78, 5) is 4.57. The maximum absolute atomic E-state index is 10.3. The Morgan fingerprint density at radius 2 is 1.97 bits per heavy atom. The molecule has 2 heterocycles. The Kier molecular flexibility index (Phi) is 9.21. The molecule has 0 aromatic heterocycles. The van der Waals surface area contributed by atoms with Crippen molar-refractivity contribution < 1.29 is 19.7 Å². The predicted octanol–water partition coefficient (Wildman–Crippen LogP) is 2.13. The van der Waals surface area contributed by atoms with Gasteiger partial charge in [0.15, 0.2) is 0 Å². The van der Waals surface area contributed by atoms with Crippen LogP contribution in [0.1, 0.15) is 37.7 Å². The minimum atomic E-state index is -0.518. The SMILES string of the molecule is CN(CCC1CCOCC1)Cc1cccc(OCC(O)CN2CCC(O)CC2)c1. The first-order valence-corrected chi connectivity index (χ1v) is 11.1. The smallest absolute Gasteiger partial charge is 0.119 e. The lowest BCUT2D eigenvalue weighted by Crippen LogP contribution is -2.41. The summed E-state index contributed by atoms with van der Waals surface area (Å²) in [6.45, 7) is 6.40. The summed E-state index contributed by atoms with van der Waals surface area (Å²) in [7, 11) is 2.17. The van der Waals surface area contributed by atoms with Gasteiger partial charge in [0.05, 0.1) is 6.10 Å². The number of piperidine rings is 1. The summed E-state index contributed by atoms with van der Waals surface area (Å²) in [5.74, 6) is 1.61. The molecule has 2 aliphatic rings. The van der Waals surface area contributed by atoms with Gasteiger partial charge in [-0.3, -0.25) is 0 Å². The molecule has 2 N–H and O–H groups in total. The van der Waals surface area contributed by atoms with E-state index in [1.807, 2.05) is 12.1 Å². The van der Waals surface area contributed by atoms with Crippen LogP contribution in [0.2, 0.25) is 0 Å². The number of aliphatic hydroxyl groups excluding tert-OH is 2. The number of benzene rings is 1. The van der Waals surface area contributed by atoms with Crippen molar-refractivity contribution in [2.75, 3.05) is 53.0 Å². The maximum Gasteiger partial charge on any atom is 0.119 e. The zero-order chi connectivity index (χ0) is 20.5. The van der Waals surface area contributed by atoms with Gasteiger partial charge in [-0.1, -0.05) is 12.1 Å². The molecule has 3 rings (SSSR count). The third-order valence-electron chi connectivity index (χ3n) is 6.08. The van der Waals surface area contributed by atoms with Gasteiger partial charge < -0.3 is 29.5 Å². The van der Waals surface area contributed by atoms with Gasteiger partial charge in [-0.2, -0.15) is 0 Å². The standard InChI is InChI=1S/C23H38N2O4/c1-24(10-5-19-8-13-28-14-9-19)16-20-3-2-4-23(15-20)29-18-22(27)17-25-11-6-21(26)7-12-25/h2-4,15,19,21-22,26-27H,5-14,16-18H2,1H3. The normalized spacial score (nSPS) is 20.8. The van der Waals surface area contributed by atoms with Crippen LogP contribution in [0.4, 0.5) is 0 Å². The van der Waals surface area contributed by atoms with E-state index >= 15 is 0 Å². The molecule has 6 nitrogen and oxygen atoms in total. The third kappa shape index (κ3) is 8.22. The fourth-order valence-corrected chi connectivity index (χ4v) is 4.21. The lowest BCUT2D eigenvalue weighted by Gasteiger charge is -2.30. The Hall–Kier alpha value is -1.18. The monoisotopic (exact) mass is 406 g/mol. The van der Waals surface area contributed by atoms with Crippen molar-refractivity contribution >= 4 is 0 Å². The summed E-state index contributed by atoms with van der Waals surface area (Å²) < 4.78 is 11.3. The van der Waals surface area contributed by atoms with Crippen LogP contribution in [0.5, 0.6) is 5.75 Å². The lowest BCUT2D eigenvalue weighted by molar-refractivity contribution is 0.0337. The van der Waals surface area contributed by atoms with E-state index < -0.39 is 6.10 Å². The molecule has 2 saturated heterocycles. The van der Waals surface area contributed by atoms with Gasteiger partial charge in [0.2, 0.25) is 0 Å². The fourth-order valence-electron chi connectivity index (χ4n) is 4.21. The molecule has 1 atom stereocenters. The molecule has 0 spiro atoms. The van der Waals surface area contributed by atoms with Gasteiger partial charge in [0.25, 0.3) is 0 Å². The number of hydrogen-bond donors (Lipinski definition) is 2. The van der Waals surface area contributed by atoms with E-state index in [4.69, 9.17) is 9.47 Å². The average Bonchev–Trinajstić information content (AvgIpc) is 2.73. The maximum atomic E-state index is 10.3. The van der Waals surface area contributed by atoms with E-state index in [1.165, 1.54) is 24.8 Å². The molecule has 0 aliphatic carbocycles. The number of β-amino-alcohol motifs (C(OH)–C–C–N with tert-alkyl or cyclic N) is 1. The van der Waals surface area contributed by atoms with Crippen LogP contribution in [0, 0.1) is 5.92 Å². The van der Waals surface area contributed by atoms with Crippen molar-refractivity contribution in [3.8, 4) is 5.75 Å². The number of rotatable bonds is 10. The van der Waals surface area contributed by atoms with Crippen molar-refractivity contribution in [3.05, 3.63) is 29.8 Å². The minimum Gasteiger partial charge on any atom is -0.491 e. The predicted molar refractivity (Wildman–Crippen MR) is 114 cm³/mol. The molecule has 0 amide bonds. The molecule has 2 fully saturated rings. The van der Waals surface area contributed by atoms with Crippen molar-refractivity contribution in [2.24, 2.45) is 5.92 Å². The van der Waals surface area contributed by atoms with E-state index in [2.05, 4.69) is 29.0 Å². The van der Waals surface area contributed by atoms with E-state index in [1.54, 1.807) is 0 Å². The molecule has 1 aromatic carbocycles. The molecule has 0 saturated carbocycles. The Morgan fingerprint density at radius 1 is 1.21 bits per heavy atom. The first-order chi connectivity index (χ1) is 14.1. The van der Waals surface area contributed by atoms with Gasteiger partial charge in [0, 0.05) is 39.4 Å². The summed E-state index contributed by atoms with van der Waals surface area (Å²) in [5, 5.41) is 19.9. The third-order valence-corrected chi connectivity index (χ3v) is 6.08. The largest absolute Gasteiger partial charge is 0.491 e. The zero-order valence-corrected chi connectivity index (χ0v) is 17.8. The lowest BCUT2D eigenvalue weighted by atomic mass is 9.96. The highest BCUT2D eigenvalue weighted by Crippen LogP contribution is 2.20. The number of likely N-dealkylation sites (tertiary alicyclic amines) is 1. The van der Waals surface area contributed by atoms with E-state index in [9.17, 15) is 10.2 Å². The molecular formula is C23H38N2O4. The number of nitrogens with zero attached hydrogens (tertiary/aromatic N) is 2. The van der Waals surface area contributed by atoms with Gasteiger partial charge in [-0.25, -0.2) is 0 Å². The van der Waals surface area contributed by atoms with Crippen LogP contribution >= 0.6 is 0 Å². The number of hydrogen-bond acceptors (Lipinski definition) is 6. The van der Waals surface area contributed by atoms with Crippen molar-refractivity contribution in [1.82, 2.24) is 9.80 Å².